The summed E-state index contributed by atoms with van der Waals surface area (Å²) >= 11 is 6.04. The van der Waals surface area contributed by atoms with Gasteiger partial charge in [-0.15, -0.1) is 0 Å². The van der Waals surface area contributed by atoms with E-state index in [9.17, 15) is 0 Å². The summed E-state index contributed by atoms with van der Waals surface area (Å²) in [4.78, 5) is 3.10. The molecular weight excluding hydrogens is 158 g/mol. The molecule has 0 bridgehead atoms. The third kappa shape index (κ3) is 0.925. The molecule has 0 aliphatic rings. The standard InChI is InChI=1S/C9H8ClN/c1-6-2-3-7-4-5-11-9(7)8(6)10/h2-5,11H,1H3. The summed E-state index contributed by atoms with van der Waals surface area (Å²) in [6.45, 7) is 2.00. The van der Waals surface area contributed by atoms with Gasteiger partial charge in [-0.25, -0.2) is 0 Å². The number of hydrogen-bond donors (Lipinski definition) is 1. The number of nitrogens with one attached hydrogen (secondary N) is 1. The predicted molar refractivity (Wildman–Crippen MR) is 48.0 cm³/mol. The fourth-order valence-corrected chi connectivity index (χ4v) is 1.42. The smallest absolute Gasteiger partial charge is 0.0676 e. The van der Waals surface area contributed by atoms with Gasteiger partial charge in [0.15, 0.2) is 0 Å². The lowest BCUT2D eigenvalue weighted by Gasteiger charge is -1.97. The minimum absolute atomic E-state index is 0.826. The Morgan fingerprint density at radius 2 is 2.09 bits per heavy atom. The van der Waals surface area contributed by atoms with Crippen LogP contribution in [0.1, 0.15) is 5.56 Å². The molecule has 2 aromatic rings. The van der Waals surface area contributed by atoms with E-state index >= 15 is 0 Å². The van der Waals surface area contributed by atoms with Crippen molar-refractivity contribution in [1.29, 1.82) is 0 Å². The first-order chi connectivity index (χ1) is 5.29. The van der Waals surface area contributed by atoms with Crippen molar-refractivity contribution >= 4 is 22.5 Å². The molecule has 2 rings (SSSR count). The number of aromatic nitrogens is 1. The Labute approximate surface area is 70.0 Å². The topological polar surface area (TPSA) is 15.8 Å². The maximum absolute atomic E-state index is 6.04. The highest BCUT2D eigenvalue weighted by Crippen LogP contribution is 2.24. The SMILES string of the molecule is Cc1ccc2cc[nH]c2c1Cl. The Bertz CT molecular complexity index is 389. The molecule has 11 heavy (non-hydrogen) atoms. The van der Waals surface area contributed by atoms with Crippen molar-refractivity contribution in [1.82, 2.24) is 4.98 Å². The fourth-order valence-electron chi connectivity index (χ4n) is 1.20. The minimum Gasteiger partial charge on any atom is -0.360 e. The molecule has 0 radical (unpaired) electrons. The van der Waals surface area contributed by atoms with Gasteiger partial charge >= 0.3 is 0 Å². The van der Waals surface area contributed by atoms with Crippen LogP contribution in [0.2, 0.25) is 5.02 Å². The van der Waals surface area contributed by atoms with E-state index in [1.165, 1.54) is 5.39 Å². The van der Waals surface area contributed by atoms with Gasteiger partial charge < -0.3 is 4.98 Å². The van der Waals surface area contributed by atoms with E-state index in [-0.39, 0.29) is 0 Å². The number of aryl methyl sites for hydroxylation is 1. The lowest BCUT2D eigenvalue weighted by atomic mass is 10.2. The zero-order valence-electron chi connectivity index (χ0n) is 6.19. The first kappa shape index (κ1) is 6.74. The molecule has 0 amide bonds. The monoisotopic (exact) mass is 165 g/mol. The van der Waals surface area contributed by atoms with Crippen molar-refractivity contribution in [2.24, 2.45) is 0 Å². The van der Waals surface area contributed by atoms with E-state index in [4.69, 9.17) is 11.6 Å². The molecular formula is C9H8ClN. The van der Waals surface area contributed by atoms with Crippen molar-refractivity contribution < 1.29 is 0 Å². The summed E-state index contributed by atoms with van der Waals surface area (Å²) in [6.07, 6.45) is 1.90. The minimum atomic E-state index is 0.826. The molecule has 0 spiro atoms. The first-order valence-corrected chi connectivity index (χ1v) is 3.89. The third-order valence-corrected chi connectivity index (χ3v) is 2.34. The van der Waals surface area contributed by atoms with Crippen LogP contribution in [0.25, 0.3) is 10.9 Å². The normalized spacial score (nSPS) is 10.7. The van der Waals surface area contributed by atoms with Crippen LogP contribution in [-0.4, -0.2) is 4.98 Å². The molecule has 1 aromatic carbocycles. The highest BCUT2D eigenvalue weighted by atomic mass is 35.5. The number of hydrogen-bond acceptors (Lipinski definition) is 0. The summed E-state index contributed by atoms with van der Waals surface area (Å²) in [7, 11) is 0. The van der Waals surface area contributed by atoms with Crippen molar-refractivity contribution in [2.45, 2.75) is 6.92 Å². The molecule has 56 valence electrons. The van der Waals surface area contributed by atoms with Crippen LogP contribution >= 0.6 is 11.6 Å². The second kappa shape index (κ2) is 2.28. The van der Waals surface area contributed by atoms with Crippen LogP contribution in [0.4, 0.5) is 0 Å². The number of aromatic amines is 1. The molecule has 0 aliphatic heterocycles. The zero-order chi connectivity index (χ0) is 7.84. The van der Waals surface area contributed by atoms with Gasteiger partial charge in [-0.1, -0.05) is 23.7 Å². The second-order valence-corrected chi connectivity index (χ2v) is 3.02. The number of fused-ring (bicyclic) bond motifs is 1. The van der Waals surface area contributed by atoms with Gasteiger partial charge in [-0.05, 0) is 18.6 Å². The number of halogens is 1. The van der Waals surface area contributed by atoms with E-state index in [0.29, 0.717) is 0 Å². The molecule has 2 heteroatoms. The zero-order valence-corrected chi connectivity index (χ0v) is 6.94. The van der Waals surface area contributed by atoms with Gasteiger partial charge in [0.1, 0.15) is 0 Å². The van der Waals surface area contributed by atoms with Crippen LogP contribution in [-0.2, 0) is 0 Å². The Kier molecular flexibility index (Phi) is 1.40. The maximum atomic E-state index is 6.04. The molecule has 1 N–H and O–H groups in total. The van der Waals surface area contributed by atoms with E-state index in [2.05, 4.69) is 11.1 Å². The lowest BCUT2D eigenvalue weighted by Crippen LogP contribution is -1.75. The van der Waals surface area contributed by atoms with E-state index in [1.54, 1.807) is 0 Å². The van der Waals surface area contributed by atoms with E-state index < -0.39 is 0 Å². The molecule has 0 aliphatic carbocycles. The van der Waals surface area contributed by atoms with Crippen LogP contribution in [0.5, 0.6) is 0 Å². The Hall–Kier alpha value is -0.950. The summed E-state index contributed by atoms with van der Waals surface area (Å²) in [5.41, 5.74) is 2.15. The summed E-state index contributed by atoms with van der Waals surface area (Å²) in [5, 5.41) is 1.99. The van der Waals surface area contributed by atoms with Crippen LogP contribution < -0.4 is 0 Å². The van der Waals surface area contributed by atoms with Gasteiger partial charge in [-0.3, -0.25) is 0 Å². The fraction of sp³-hybridized carbons (Fsp3) is 0.111. The van der Waals surface area contributed by atoms with Gasteiger partial charge in [-0.2, -0.15) is 0 Å². The quantitative estimate of drug-likeness (QED) is 0.618. The van der Waals surface area contributed by atoms with Gasteiger partial charge in [0, 0.05) is 11.6 Å². The predicted octanol–water partition coefficient (Wildman–Crippen LogP) is 3.13. The largest absolute Gasteiger partial charge is 0.360 e. The summed E-state index contributed by atoms with van der Waals surface area (Å²) in [6, 6.07) is 6.10. The lowest BCUT2D eigenvalue weighted by molar-refractivity contribution is 1.44. The van der Waals surface area contributed by atoms with Crippen LogP contribution in [0.3, 0.4) is 0 Å². The van der Waals surface area contributed by atoms with Crippen molar-refractivity contribution in [3.8, 4) is 0 Å². The Balaban J connectivity index is 2.93. The van der Waals surface area contributed by atoms with Crippen molar-refractivity contribution in [2.75, 3.05) is 0 Å². The molecule has 0 saturated heterocycles. The average Bonchev–Trinajstić information content (AvgIpc) is 2.45. The van der Waals surface area contributed by atoms with Gasteiger partial charge in [0.2, 0.25) is 0 Å². The summed E-state index contributed by atoms with van der Waals surface area (Å²) < 4.78 is 0. The number of H-pyrrole nitrogens is 1. The highest BCUT2D eigenvalue weighted by Gasteiger charge is 2.00. The van der Waals surface area contributed by atoms with Crippen molar-refractivity contribution in [3.05, 3.63) is 35.0 Å². The van der Waals surface area contributed by atoms with E-state index in [0.717, 1.165) is 16.1 Å². The number of rotatable bonds is 0. The number of benzene rings is 1. The van der Waals surface area contributed by atoms with E-state index in [1.807, 2.05) is 25.3 Å². The van der Waals surface area contributed by atoms with Gasteiger partial charge in [0.25, 0.3) is 0 Å². The van der Waals surface area contributed by atoms with Crippen LogP contribution in [0.15, 0.2) is 24.4 Å². The molecule has 1 nitrogen and oxygen atoms in total. The maximum Gasteiger partial charge on any atom is 0.0676 e. The summed E-state index contributed by atoms with van der Waals surface area (Å²) in [5.74, 6) is 0. The average molecular weight is 166 g/mol. The molecule has 0 fully saturated rings. The molecule has 0 saturated carbocycles. The highest BCUT2D eigenvalue weighted by molar-refractivity contribution is 6.35. The Morgan fingerprint density at radius 1 is 1.27 bits per heavy atom. The molecule has 1 aromatic heterocycles. The van der Waals surface area contributed by atoms with Crippen LogP contribution in [0, 0.1) is 6.92 Å². The first-order valence-electron chi connectivity index (χ1n) is 3.51. The molecule has 0 atom stereocenters. The van der Waals surface area contributed by atoms with Gasteiger partial charge in [0.05, 0.1) is 10.5 Å². The Morgan fingerprint density at radius 3 is 2.91 bits per heavy atom. The van der Waals surface area contributed by atoms with Crippen molar-refractivity contribution in [3.63, 3.8) is 0 Å². The second-order valence-electron chi connectivity index (χ2n) is 2.64. The third-order valence-electron chi connectivity index (χ3n) is 1.86. The molecule has 0 unspecified atom stereocenters. The molecule has 1 heterocycles.